The molecule has 2 heterocycles. The molecule has 0 spiro atoms. The van der Waals surface area contributed by atoms with Gasteiger partial charge in [0.1, 0.15) is 11.3 Å². The van der Waals surface area contributed by atoms with E-state index in [4.69, 9.17) is 16.3 Å². The highest BCUT2D eigenvalue weighted by atomic mass is 35.5. The molecule has 0 aliphatic heterocycles. The van der Waals surface area contributed by atoms with Gasteiger partial charge in [-0.1, -0.05) is 20.8 Å². The Morgan fingerprint density at radius 2 is 2.00 bits per heavy atom. The number of aromatic nitrogens is 3. The SMILES string of the molecule is COc1ccc2nc(CCCl)n(CC(C)C(C)C)c2n1. The number of methoxy groups -OCH3 is 1. The summed E-state index contributed by atoms with van der Waals surface area (Å²) in [5.74, 6) is 3.35. The molecule has 0 fully saturated rings. The molecule has 20 heavy (non-hydrogen) atoms. The van der Waals surface area contributed by atoms with Crippen LogP contribution in [-0.4, -0.2) is 27.5 Å². The van der Waals surface area contributed by atoms with Gasteiger partial charge >= 0.3 is 0 Å². The van der Waals surface area contributed by atoms with Gasteiger partial charge < -0.3 is 9.30 Å². The molecular weight excluding hydrogens is 274 g/mol. The minimum absolute atomic E-state index is 0.550. The van der Waals surface area contributed by atoms with E-state index in [1.807, 2.05) is 12.1 Å². The number of alkyl halides is 1. The number of rotatable bonds is 6. The molecule has 0 saturated carbocycles. The monoisotopic (exact) mass is 295 g/mol. The normalized spacial score (nSPS) is 13.1. The van der Waals surface area contributed by atoms with Gasteiger partial charge in [-0.3, -0.25) is 0 Å². The summed E-state index contributed by atoms with van der Waals surface area (Å²) in [5.41, 5.74) is 1.79. The Labute approximate surface area is 125 Å². The number of nitrogens with zero attached hydrogens (tertiary/aromatic N) is 3. The maximum absolute atomic E-state index is 5.89. The van der Waals surface area contributed by atoms with Crippen molar-refractivity contribution < 1.29 is 4.74 Å². The molecule has 0 bridgehead atoms. The van der Waals surface area contributed by atoms with Gasteiger partial charge in [-0.15, -0.1) is 11.6 Å². The summed E-state index contributed by atoms with van der Waals surface area (Å²) in [5, 5.41) is 0. The van der Waals surface area contributed by atoms with E-state index in [-0.39, 0.29) is 0 Å². The molecular formula is C15H22ClN3O. The van der Waals surface area contributed by atoms with E-state index in [2.05, 4.69) is 35.3 Å². The van der Waals surface area contributed by atoms with Crippen molar-refractivity contribution >= 4 is 22.8 Å². The minimum Gasteiger partial charge on any atom is -0.481 e. The lowest BCUT2D eigenvalue weighted by molar-refractivity contribution is 0.362. The van der Waals surface area contributed by atoms with E-state index in [0.717, 1.165) is 30.0 Å². The Bertz CT molecular complexity index is 580. The van der Waals surface area contributed by atoms with Crippen LogP contribution in [0.5, 0.6) is 5.88 Å². The standard InChI is InChI=1S/C15H22ClN3O/c1-10(2)11(3)9-19-13(7-8-16)17-12-5-6-14(20-4)18-15(12)19/h5-6,10-11H,7-9H2,1-4H3. The Hall–Kier alpha value is -1.29. The molecule has 110 valence electrons. The predicted octanol–water partition coefficient (Wildman–Crippen LogP) is 3.51. The van der Waals surface area contributed by atoms with Crippen LogP contribution in [0, 0.1) is 11.8 Å². The van der Waals surface area contributed by atoms with Crippen LogP contribution in [-0.2, 0) is 13.0 Å². The van der Waals surface area contributed by atoms with Crippen molar-refractivity contribution in [1.29, 1.82) is 0 Å². The van der Waals surface area contributed by atoms with Crippen molar-refractivity contribution in [3.05, 3.63) is 18.0 Å². The zero-order valence-electron chi connectivity index (χ0n) is 12.6. The summed E-state index contributed by atoms with van der Waals surface area (Å²) in [4.78, 5) is 9.19. The number of pyridine rings is 1. The third-order valence-corrected chi connectivity index (χ3v) is 3.97. The second-order valence-corrected chi connectivity index (χ2v) is 5.87. The molecule has 0 radical (unpaired) electrons. The Kier molecular flexibility index (Phi) is 4.86. The highest BCUT2D eigenvalue weighted by Gasteiger charge is 2.16. The highest BCUT2D eigenvalue weighted by molar-refractivity contribution is 6.17. The van der Waals surface area contributed by atoms with Gasteiger partial charge in [0.15, 0.2) is 5.65 Å². The molecule has 0 amide bonds. The van der Waals surface area contributed by atoms with E-state index in [0.29, 0.717) is 23.6 Å². The number of hydrogen-bond donors (Lipinski definition) is 0. The van der Waals surface area contributed by atoms with Crippen molar-refractivity contribution in [1.82, 2.24) is 14.5 Å². The summed E-state index contributed by atoms with van der Waals surface area (Å²) in [7, 11) is 1.63. The molecule has 0 saturated heterocycles. The fraction of sp³-hybridized carbons (Fsp3) is 0.600. The van der Waals surface area contributed by atoms with Crippen LogP contribution in [0.3, 0.4) is 0 Å². The number of imidazole rings is 1. The van der Waals surface area contributed by atoms with Crippen molar-refractivity contribution in [2.75, 3.05) is 13.0 Å². The molecule has 0 aromatic carbocycles. The first-order chi connectivity index (χ1) is 9.56. The molecule has 1 unspecified atom stereocenters. The number of ether oxygens (including phenoxy) is 1. The average molecular weight is 296 g/mol. The first kappa shape index (κ1) is 15.1. The largest absolute Gasteiger partial charge is 0.481 e. The lowest BCUT2D eigenvalue weighted by atomic mass is 9.98. The number of hydrogen-bond acceptors (Lipinski definition) is 3. The molecule has 4 nitrogen and oxygen atoms in total. The zero-order chi connectivity index (χ0) is 14.7. The van der Waals surface area contributed by atoms with Gasteiger partial charge in [0.05, 0.1) is 7.11 Å². The summed E-state index contributed by atoms with van der Waals surface area (Å²) < 4.78 is 7.41. The van der Waals surface area contributed by atoms with Crippen LogP contribution in [0.25, 0.3) is 11.2 Å². The van der Waals surface area contributed by atoms with Gasteiger partial charge in [0, 0.05) is 24.9 Å². The van der Waals surface area contributed by atoms with Crippen molar-refractivity contribution in [2.45, 2.75) is 33.7 Å². The first-order valence-corrected chi connectivity index (χ1v) is 7.56. The van der Waals surface area contributed by atoms with Crippen LogP contribution >= 0.6 is 11.6 Å². The minimum atomic E-state index is 0.550. The highest BCUT2D eigenvalue weighted by Crippen LogP contribution is 2.22. The molecule has 1 atom stereocenters. The fourth-order valence-electron chi connectivity index (χ4n) is 2.11. The second kappa shape index (κ2) is 6.44. The molecule has 0 aliphatic rings. The topological polar surface area (TPSA) is 39.9 Å². The fourth-order valence-corrected chi connectivity index (χ4v) is 2.28. The summed E-state index contributed by atoms with van der Waals surface area (Å²) in [6.45, 7) is 7.62. The van der Waals surface area contributed by atoms with Crippen molar-refractivity contribution in [2.24, 2.45) is 11.8 Å². The van der Waals surface area contributed by atoms with Gasteiger partial charge in [0.2, 0.25) is 5.88 Å². The number of aryl methyl sites for hydroxylation is 1. The first-order valence-electron chi connectivity index (χ1n) is 7.03. The average Bonchev–Trinajstić information content (AvgIpc) is 2.76. The van der Waals surface area contributed by atoms with Gasteiger partial charge in [-0.2, -0.15) is 4.98 Å². The van der Waals surface area contributed by atoms with Crippen LogP contribution in [0.15, 0.2) is 12.1 Å². The van der Waals surface area contributed by atoms with Gasteiger partial charge in [0.25, 0.3) is 0 Å². The van der Waals surface area contributed by atoms with E-state index >= 15 is 0 Å². The van der Waals surface area contributed by atoms with Crippen LogP contribution in [0.4, 0.5) is 0 Å². The van der Waals surface area contributed by atoms with E-state index in [9.17, 15) is 0 Å². The Morgan fingerprint density at radius 3 is 2.60 bits per heavy atom. The molecule has 0 N–H and O–H groups in total. The third-order valence-electron chi connectivity index (χ3n) is 3.78. The molecule has 2 aromatic rings. The van der Waals surface area contributed by atoms with E-state index in [1.165, 1.54) is 0 Å². The maximum Gasteiger partial charge on any atom is 0.215 e. The Balaban J connectivity index is 2.48. The van der Waals surface area contributed by atoms with Gasteiger partial charge in [-0.05, 0) is 17.9 Å². The van der Waals surface area contributed by atoms with Crippen molar-refractivity contribution in [3.8, 4) is 5.88 Å². The lowest BCUT2D eigenvalue weighted by Crippen LogP contribution is -2.16. The van der Waals surface area contributed by atoms with Crippen molar-refractivity contribution in [3.63, 3.8) is 0 Å². The van der Waals surface area contributed by atoms with E-state index < -0.39 is 0 Å². The predicted molar refractivity (Wildman–Crippen MR) is 82.5 cm³/mol. The molecule has 5 heteroatoms. The number of fused-ring (bicyclic) bond motifs is 1. The quantitative estimate of drug-likeness (QED) is 0.766. The second-order valence-electron chi connectivity index (χ2n) is 5.50. The lowest BCUT2D eigenvalue weighted by Gasteiger charge is -2.18. The zero-order valence-corrected chi connectivity index (χ0v) is 13.3. The summed E-state index contributed by atoms with van der Waals surface area (Å²) >= 11 is 5.89. The van der Waals surface area contributed by atoms with Gasteiger partial charge in [-0.25, -0.2) is 4.98 Å². The summed E-state index contributed by atoms with van der Waals surface area (Å²) in [6, 6.07) is 3.80. The Morgan fingerprint density at radius 1 is 1.25 bits per heavy atom. The maximum atomic E-state index is 5.89. The van der Waals surface area contributed by atoms with Crippen LogP contribution < -0.4 is 4.74 Å². The smallest absolute Gasteiger partial charge is 0.215 e. The molecule has 2 aromatic heterocycles. The molecule has 0 aliphatic carbocycles. The third kappa shape index (κ3) is 3.06. The summed E-state index contributed by atoms with van der Waals surface area (Å²) in [6.07, 6.45) is 0.755. The number of halogens is 1. The van der Waals surface area contributed by atoms with Crippen LogP contribution in [0.2, 0.25) is 0 Å². The molecule has 2 rings (SSSR count). The van der Waals surface area contributed by atoms with Crippen LogP contribution in [0.1, 0.15) is 26.6 Å². The van der Waals surface area contributed by atoms with E-state index in [1.54, 1.807) is 7.11 Å².